The summed E-state index contributed by atoms with van der Waals surface area (Å²) < 4.78 is 0. The number of amides is 2. The molecule has 0 aromatic carbocycles. The molecule has 3 nitrogen and oxygen atoms in total. The van der Waals surface area contributed by atoms with Crippen LogP contribution in [0.2, 0.25) is 0 Å². The van der Waals surface area contributed by atoms with Crippen LogP contribution >= 0.6 is 0 Å². The zero-order valence-electron chi connectivity index (χ0n) is 9.26. The summed E-state index contributed by atoms with van der Waals surface area (Å²) in [5.74, 6) is -0.757. The number of imide groups is 1. The summed E-state index contributed by atoms with van der Waals surface area (Å²) in [4.78, 5) is 24.3. The van der Waals surface area contributed by atoms with Crippen molar-refractivity contribution in [2.75, 3.05) is 0 Å². The Hall–Kier alpha value is -0.380. The quantitative estimate of drug-likeness (QED) is 0.518. The zero-order valence-corrected chi connectivity index (χ0v) is 9.26. The third-order valence-electron chi connectivity index (χ3n) is 1.63. The first-order valence-electron chi connectivity index (χ1n) is 4.38. The van der Waals surface area contributed by atoms with Gasteiger partial charge in [-0.1, -0.05) is 13.2 Å². The molecule has 0 aromatic heterocycles. The first kappa shape index (κ1) is 17.0. The molecule has 0 atom stereocenters. The van der Waals surface area contributed by atoms with E-state index in [1.807, 2.05) is 0 Å². The molecule has 0 aromatic rings. The van der Waals surface area contributed by atoms with Gasteiger partial charge in [0.15, 0.2) is 0 Å². The van der Waals surface area contributed by atoms with Crippen molar-refractivity contribution in [3.05, 3.63) is 24.8 Å². The monoisotopic (exact) mass is 219 g/mol. The summed E-state index contributed by atoms with van der Waals surface area (Å²) in [6.45, 7) is 13.8. The first-order valence-corrected chi connectivity index (χ1v) is 4.38. The van der Waals surface area contributed by atoms with Crippen LogP contribution in [-0.4, -0.2) is 51.8 Å². The van der Waals surface area contributed by atoms with E-state index in [-0.39, 0.29) is 35.5 Å². The van der Waals surface area contributed by atoms with Crippen LogP contribution in [0.4, 0.5) is 0 Å². The molecular weight excluding hydrogens is 201 g/mol. The predicted octanol–water partition coefficient (Wildman–Crippen LogP) is 1.25. The van der Waals surface area contributed by atoms with Gasteiger partial charge in [-0.05, 0) is 33.8 Å². The molecule has 0 unspecified atom stereocenters. The van der Waals surface area contributed by atoms with E-state index in [0.717, 1.165) is 11.0 Å². The molecular formula is C11H18NNaO2. The Kier molecular flexibility index (Phi) is 7.10. The minimum absolute atomic E-state index is 0. The van der Waals surface area contributed by atoms with Crippen LogP contribution in [0.1, 0.15) is 27.7 Å². The van der Waals surface area contributed by atoms with Crippen molar-refractivity contribution in [1.29, 1.82) is 0 Å². The summed E-state index contributed by atoms with van der Waals surface area (Å²) in [5, 5.41) is 0. The van der Waals surface area contributed by atoms with Gasteiger partial charge in [-0.25, -0.2) is 0 Å². The van der Waals surface area contributed by atoms with Gasteiger partial charge in [0.25, 0.3) is 11.8 Å². The van der Waals surface area contributed by atoms with Crippen LogP contribution in [0.15, 0.2) is 24.8 Å². The molecule has 4 heteroatoms. The van der Waals surface area contributed by atoms with Gasteiger partial charge in [-0.3, -0.25) is 14.5 Å². The second-order valence-electron chi connectivity index (χ2n) is 4.13. The fraction of sp³-hybridized carbons (Fsp3) is 0.455. The Labute approximate surface area is 114 Å². The van der Waals surface area contributed by atoms with Gasteiger partial charge in [0.2, 0.25) is 0 Å². The predicted molar refractivity (Wildman–Crippen MR) is 63.8 cm³/mol. The molecule has 0 bridgehead atoms. The van der Waals surface area contributed by atoms with E-state index in [4.69, 9.17) is 0 Å². The summed E-state index contributed by atoms with van der Waals surface area (Å²) in [6, 6.07) is 0. The number of nitrogens with zero attached hydrogens (tertiary/aromatic N) is 1. The molecule has 80 valence electrons. The van der Waals surface area contributed by atoms with Crippen LogP contribution < -0.4 is 0 Å². The van der Waals surface area contributed by atoms with Crippen LogP contribution in [0.5, 0.6) is 0 Å². The number of carbonyl (C=O) groups is 2. The number of hydrogen-bond acceptors (Lipinski definition) is 2. The zero-order chi connectivity index (χ0) is 11.5. The molecule has 0 aliphatic carbocycles. The van der Waals surface area contributed by atoms with Crippen LogP contribution in [0, 0.1) is 0 Å². The Morgan fingerprint density at radius 1 is 1.27 bits per heavy atom. The van der Waals surface area contributed by atoms with Gasteiger partial charge < -0.3 is 0 Å². The van der Waals surface area contributed by atoms with Crippen molar-refractivity contribution in [1.82, 2.24) is 4.90 Å². The maximum atomic E-state index is 11.6. The average Bonchev–Trinajstić information content (AvgIpc) is 2.01. The Bertz CT molecular complexity index is 289. The van der Waals surface area contributed by atoms with Crippen LogP contribution in [0.3, 0.4) is 0 Å². The fourth-order valence-electron chi connectivity index (χ4n) is 1.02. The van der Waals surface area contributed by atoms with Gasteiger partial charge in [-0.15, -0.1) is 0 Å². The van der Waals surface area contributed by atoms with E-state index >= 15 is 0 Å². The molecule has 0 aliphatic heterocycles. The molecule has 0 heterocycles. The van der Waals surface area contributed by atoms with E-state index < -0.39 is 11.4 Å². The van der Waals surface area contributed by atoms with Gasteiger partial charge in [0.05, 0.1) is 0 Å². The van der Waals surface area contributed by atoms with Gasteiger partial charge in [-0.2, -0.15) is 0 Å². The standard InChI is InChI=1S/C11H17NO2.Na.H/c1-7-9(13)12(11(4,5)6)10(14)8(2)3;;/h7H,1-2H2,3-6H3;;. The normalized spacial score (nSPS) is 9.87. The summed E-state index contributed by atoms with van der Waals surface area (Å²) in [7, 11) is 0. The molecule has 0 saturated heterocycles. The minimum atomic E-state index is -0.554. The SMILES string of the molecule is C=CC(=O)N(C(=O)C(=C)C)C(C)(C)C.[NaH]. The number of hydrogen-bond donors (Lipinski definition) is 0. The van der Waals surface area contributed by atoms with Crippen LogP contribution in [-0.2, 0) is 9.59 Å². The van der Waals surface area contributed by atoms with E-state index in [2.05, 4.69) is 13.2 Å². The average molecular weight is 219 g/mol. The van der Waals surface area contributed by atoms with Gasteiger partial charge in [0.1, 0.15) is 0 Å². The molecule has 0 N–H and O–H groups in total. The molecule has 0 spiro atoms. The molecule has 15 heavy (non-hydrogen) atoms. The third-order valence-corrected chi connectivity index (χ3v) is 1.63. The van der Waals surface area contributed by atoms with Crippen molar-refractivity contribution in [3.63, 3.8) is 0 Å². The molecule has 0 saturated carbocycles. The van der Waals surface area contributed by atoms with Crippen molar-refractivity contribution in [2.24, 2.45) is 0 Å². The van der Waals surface area contributed by atoms with E-state index in [9.17, 15) is 9.59 Å². The topological polar surface area (TPSA) is 37.4 Å². The van der Waals surface area contributed by atoms with Gasteiger partial charge in [0, 0.05) is 11.1 Å². The van der Waals surface area contributed by atoms with Crippen molar-refractivity contribution < 1.29 is 9.59 Å². The van der Waals surface area contributed by atoms with E-state index in [1.54, 1.807) is 27.7 Å². The summed E-state index contributed by atoms with van der Waals surface area (Å²) in [5.41, 5.74) is -0.212. The van der Waals surface area contributed by atoms with E-state index in [0.29, 0.717) is 5.57 Å². The summed E-state index contributed by atoms with van der Waals surface area (Å²) >= 11 is 0. The molecule has 2 amide bonds. The number of carbonyl (C=O) groups excluding carboxylic acids is 2. The molecule has 0 radical (unpaired) electrons. The molecule has 0 aliphatic rings. The summed E-state index contributed by atoms with van der Waals surface area (Å²) in [6.07, 6.45) is 1.13. The fourth-order valence-corrected chi connectivity index (χ4v) is 1.02. The Balaban J connectivity index is 0. The molecule has 0 fully saturated rings. The second kappa shape index (κ2) is 6.26. The second-order valence-corrected chi connectivity index (χ2v) is 4.13. The van der Waals surface area contributed by atoms with Crippen molar-refractivity contribution >= 4 is 41.4 Å². The van der Waals surface area contributed by atoms with E-state index in [1.165, 1.54) is 0 Å². The number of rotatable bonds is 2. The Morgan fingerprint density at radius 3 is 1.87 bits per heavy atom. The van der Waals surface area contributed by atoms with Crippen molar-refractivity contribution in [3.8, 4) is 0 Å². The third kappa shape index (κ3) is 4.78. The maximum absolute atomic E-state index is 11.6. The van der Waals surface area contributed by atoms with Crippen molar-refractivity contribution in [2.45, 2.75) is 33.2 Å². The Morgan fingerprint density at radius 2 is 1.67 bits per heavy atom. The van der Waals surface area contributed by atoms with Crippen LogP contribution in [0.25, 0.3) is 0 Å². The molecule has 0 rings (SSSR count). The van der Waals surface area contributed by atoms with Gasteiger partial charge >= 0.3 is 29.6 Å². The first-order chi connectivity index (χ1) is 6.21.